The fourth-order valence-corrected chi connectivity index (χ4v) is 3.49. The van der Waals surface area contributed by atoms with Gasteiger partial charge in [0.1, 0.15) is 29.8 Å². The van der Waals surface area contributed by atoms with Crippen LogP contribution in [0.1, 0.15) is 0 Å². The number of amides is 1. The zero-order valence-electron chi connectivity index (χ0n) is 16.8. The van der Waals surface area contributed by atoms with Crippen molar-refractivity contribution in [1.82, 2.24) is 19.5 Å². The number of hydrogen-bond acceptors (Lipinski definition) is 4. The number of halogens is 3. The molecule has 2 N–H and O–H groups in total. The van der Waals surface area contributed by atoms with E-state index in [0.29, 0.717) is 22.2 Å². The first-order chi connectivity index (χ1) is 15.9. The van der Waals surface area contributed by atoms with Crippen molar-refractivity contribution in [2.75, 3.05) is 5.32 Å². The largest absolute Gasteiger partial charge is 0.338 e. The molecule has 0 aliphatic rings. The van der Waals surface area contributed by atoms with Crippen molar-refractivity contribution >= 4 is 33.5 Å². The average Bonchev–Trinajstić information content (AvgIpc) is 3.21. The molecule has 2 aromatic heterocycles. The maximum atomic E-state index is 14.1. The highest BCUT2D eigenvalue weighted by atomic mass is 19.1. The normalized spacial score (nSPS) is 11.2. The third kappa shape index (κ3) is 3.93. The molecule has 7 nitrogen and oxygen atoms in total. The van der Waals surface area contributed by atoms with Crippen LogP contribution in [0, 0.1) is 17.5 Å². The average molecular weight is 449 g/mol. The Morgan fingerprint density at radius 2 is 1.73 bits per heavy atom. The van der Waals surface area contributed by atoms with Gasteiger partial charge < -0.3 is 10.3 Å². The molecule has 0 fully saturated rings. The Kier molecular flexibility index (Phi) is 4.89. The van der Waals surface area contributed by atoms with Gasteiger partial charge in [-0.25, -0.2) is 23.1 Å². The van der Waals surface area contributed by atoms with Crippen LogP contribution >= 0.6 is 0 Å². The molecule has 0 unspecified atom stereocenters. The topological polar surface area (TPSA) is 92.7 Å². The van der Waals surface area contributed by atoms with E-state index in [2.05, 4.69) is 20.3 Å². The number of rotatable bonds is 4. The third-order valence-corrected chi connectivity index (χ3v) is 5.05. The molecule has 10 heteroatoms. The molecule has 0 aliphatic carbocycles. The fourth-order valence-electron chi connectivity index (χ4n) is 3.49. The number of H-pyrrole nitrogens is 1. The van der Waals surface area contributed by atoms with Crippen LogP contribution in [0.15, 0.2) is 65.7 Å². The summed E-state index contributed by atoms with van der Waals surface area (Å²) >= 11 is 0. The summed E-state index contributed by atoms with van der Waals surface area (Å²) in [6, 6.07) is 11.5. The molecule has 0 aliphatic heterocycles. The first-order valence-electron chi connectivity index (χ1n) is 9.77. The van der Waals surface area contributed by atoms with E-state index < -0.39 is 28.9 Å². The molecule has 164 valence electrons. The molecule has 5 rings (SSSR count). The number of hydrogen-bond donors (Lipinski definition) is 2. The van der Waals surface area contributed by atoms with Gasteiger partial charge in [-0.2, -0.15) is 0 Å². The molecule has 0 atom stereocenters. The van der Waals surface area contributed by atoms with Gasteiger partial charge in [-0.1, -0.05) is 0 Å². The van der Waals surface area contributed by atoms with Crippen molar-refractivity contribution in [3.8, 4) is 11.4 Å². The van der Waals surface area contributed by atoms with Crippen molar-refractivity contribution in [2.24, 2.45) is 0 Å². The number of carbonyl (C=O) groups is 1. The summed E-state index contributed by atoms with van der Waals surface area (Å²) in [6.45, 7) is -0.334. The zero-order valence-corrected chi connectivity index (χ0v) is 16.8. The number of nitrogens with zero attached hydrogens (tertiary/aromatic N) is 3. The van der Waals surface area contributed by atoms with Gasteiger partial charge in [-0.3, -0.25) is 14.2 Å². The van der Waals surface area contributed by atoms with E-state index in [1.807, 2.05) is 0 Å². The third-order valence-electron chi connectivity index (χ3n) is 5.05. The van der Waals surface area contributed by atoms with Gasteiger partial charge in [-0.05, 0) is 54.6 Å². The predicted molar refractivity (Wildman–Crippen MR) is 116 cm³/mol. The van der Waals surface area contributed by atoms with Gasteiger partial charge in [0.25, 0.3) is 5.56 Å². The van der Waals surface area contributed by atoms with Crippen molar-refractivity contribution in [1.29, 1.82) is 0 Å². The number of benzene rings is 3. The molecule has 3 aromatic carbocycles. The van der Waals surface area contributed by atoms with E-state index in [0.717, 1.165) is 28.8 Å². The van der Waals surface area contributed by atoms with E-state index in [4.69, 9.17) is 0 Å². The molecular formula is C23H14F3N5O2. The van der Waals surface area contributed by atoms with Crippen LogP contribution in [-0.4, -0.2) is 25.4 Å². The van der Waals surface area contributed by atoms with E-state index in [1.165, 1.54) is 18.5 Å². The number of imidazole rings is 1. The summed E-state index contributed by atoms with van der Waals surface area (Å²) in [4.78, 5) is 36.3. The lowest BCUT2D eigenvalue weighted by molar-refractivity contribution is -0.116. The Morgan fingerprint density at radius 1 is 0.970 bits per heavy atom. The highest BCUT2D eigenvalue weighted by molar-refractivity contribution is 5.93. The summed E-state index contributed by atoms with van der Waals surface area (Å²) in [6.07, 6.45) is 1.22. The van der Waals surface area contributed by atoms with Crippen LogP contribution < -0.4 is 10.9 Å². The summed E-state index contributed by atoms with van der Waals surface area (Å²) in [5, 5.41) is 2.73. The maximum Gasteiger partial charge on any atom is 0.261 e. The Morgan fingerprint density at radius 3 is 2.58 bits per heavy atom. The quantitative estimate of drug-likeness (QED) is 0.434. The minimum Gasteiger partial charge on any atom is -0.338 e. The van der Waals surface area contributed by atoms with Gasteiger partial charge in [0.2, 0.25) is 5.91 Å². The molecular weight excluding hydrogens is 435 g/mol. The molecule has 0 saturated carbocycles. The van der Waals surface area contributed by atoms with Crippen LogP contribution in [0.3, 0.4) is 0 Å². The molecule has 1 amide bonds. The summed E-state index contributed by atoms with van der Waals surface area (Å²) in [5.74, 6) is -2.16. The maximum absolute atomic E-state index is 14.1. The second-order valence-corrected chi connectivity index (χ2v) is 7.33. The van der Waals surface area contributed by atoms with Crippen molar-refractivity contribution < 1.29 is 18.0 Å². The summed E-state index contributed by atoms with van der Waals surface area (Å²) < 4.78 is 42.1. The minimum atomic E-state index is -0.627. The fraction of sp³-hybridized carbons (Fsp3) is 0.0435. The molecule has 33 heavy (non-hydrogen) atoms. The van der Waals surface area contributed by atoms with E-state index in [1.54, 1.807) is 18.2 Å². The first-order valence-corrected chi connectivity index (χ1v) is 9.77. The number of anilines is 1. The molecule has 2 heterocycles. The van der Waals surface area contributed by atoms with Gasteiger partial charge in [0, 0.05) is 5.69 Å². The Bertz CT molecular complexity index is 1610. The van der Waals surface area contributed by atoms with Crippen LogP contribution in [0.5, 0.6) is 0 Å². The lowest BCUT2D eigenvalue weighted by Crippen LogP contribution is -2.28. The van der Waals surface area contributed by atoms with Gasteiger partial charge in [-0.15, -0.1) is 0 Å². The number of carbonyl (C=O) groups excluding carboxylic acids is 1. The molecule has 0 spiro atoms. The number of nitrogens with one attached hydrogen (secondary N) is 2. The summed E-state index contributed by atoms with van der Waals surface area (Å²) in [5.41, 5.74) is 1.15. The first kappa shape index (κ1) is 20.4. The lowest BCUT2D eigenvalue weighted by atomic mass is 10.2. The number of fused-ring (bicyclic) bond motifs is 2. The monoisotopic (exact) mass is 449 g/mol. The number of aromatic nitrogens is 4. The lowest BCUT2D eigenvalue weighted by Gasteiger charge is -2.08. The van der Waals surface area contributed by atoms with Crippen molar-refractivity contribution in [2.45, 2.75) is 6.54 Å². The Balaban J connectivity index is 1.38. The molecule has 0 bridgehead atoms. The second kappa shape index (κ2) is 7.90. The minimum absolute atomic E-state index is 0.0172. The second-order valence-electron chi connectivity index (χ2n) is 7.33. The van der Waals surface area contributed by atoms with Crippen LogP contribution in [0.4, 0.5) is 18.9 Å². The van der Waals surface area contributed by atoms with Crippen LogP contribution in [0.2, 0.25) is 0 Å². The van der Waals surface area contributed by atoms with Gasteiger partial charge in [0.15, 0.2) is 0 Å². The van der Waals surface area contributed by atoms with Crippen molar-refractivity contribution in [3.05, 3.63) is 88.7 Å². The SMILES string of the molecule is O=C(Cn1cnc2ccc(F)cc2c1=O)Nc1ccc2nc(-c3cc(F)ccc3F)[nH]c2c1. The molecule has 5 aromatic rings. The Labute approximate surface area is 183 Å². The standard InChI is InChI=1S/C23H14F3N5O2/c24-12-1-4-17(26)15(7-12)22-29-19-6-3-14(9-20(19)30-22)28-21(32)10-31-11-27-18-5-2-13(25)8-16(18)23(31)33/h1-9,11H,10H2,(H,28,32)(H,29,30). The van der Waals surface area contributed by atoms with Gasteiger partial charge in [0.05, 0.1) is 33.8 Å². The van der Waals surface area contributed by atoms with Crippen molar-refractivity contribution in [3.63, 3.8) is 0 Å². The van der Waals surface area contributed by atoms with E-state index in [9.17, 15) is 22.8 Å². The molecule has 0 saturated heterocycles. The Hall–Kier alpha value is -4.47. The predicted octanol–water partition coefficient (Wildman–Crippen LogP) is 4.00. The zero-order chi connectivity index (χ0) is 23.1. The smallest absolute Gasteiger partial charge is 0.261 e. The highest BCUT2D eigenvalue weighted by Gasteiger charge is 2.13. The summed E-state index contributed by atoms with van der Waals surface area (Å²) in [7, 11) is 0. The van der Waals surface area contributed by atoms with Crippen LogP contribution in [0.25, 0.3) is 33.3 Å². The number of aromatic amines is 1. The van der Waals surface area contributed by atoms with Gasteiger partial charge >= 0.3 is 0 Å². The molecule has 0 radical (unpaired) electrons. The van der Waals surface area contributed by atoms with E-state index in [-0.39, 0.29) is 23.3 Å². The highest BCUT2D eigenvalue weighted by Crippen LogP contribution is 2.25. The van der Waals surface area contributed by atoms with Crippen LogP contribution in [-0.2, 0) is 11.3 Å². The van der Waals surface area contributed by atoms with E-state index >= 15 is 0 Å².